The number of nitrogens with one attached hydrogen (secondary N) is 2. The molecular formula is C15H29N3. The fraction of sp³-hybridized carbons (Fsp3) is 0.933. The average Bonchev–Trinajstić information content (AvgIpc) is 3.05. The largest absolute Gasteiger partial charge is 0.357 e. The van der Waals surface area contributed by atoms with Crippen LogP contribution in [0.4, 0.5) is 0 Å². The first-order valence-corrected chi connectivity index (χ1v) is 7.68. The first-order valence-electron chi connectivity index (χ1n) is 7.68. The molecule has 3 nitrogen and oxygen atoms in total. The van der Waals surface area contributed by atoms with Crippen molar-refractivity contribution in [1.29, 1.82) is 0 Å². The van der Waals surface area contributed by atoms with E-state index in [2.05, 4.69) is 31.4 Å². The molecule has 2 aliphatic rings. The molecule has 0 saturated heterocycles. The Labute approximate surface area is 112 Å². The predicted molar refractivity (Wildman–Crippen MR) is 77.9 cm³/mol. The third-order valence-corrected chi connectivity index (χ3v) is 4.09. The quantitative estimate of drug-likeness (QED) is 0.562. The lowest BCUT2D eigenvalue weighted by atomic mass is 9.64. The predicted octanol–water partition coefficient (Wildman–Crippen LogP) is 2.92. The number of hydrogen-bond donors (Lipinski definition) is 2. The van der Waals surface area contributed by atoms with Gasteiger partial charge in [-0.15, -0.1) is 0 Å². The van der Waals surface area contributed by atoms with E-state index in [1.165, 1.54) is 38.5 Å². The van der Waals surface area contributed by atoms with Crippen LogP contribution in [0.1, 0.15) is 59.3 Å². The van der Waals surface area contributed by atoms with Gasteiger partial charge in [-0.1, -0.05) is 20.3 Å². The molecule has 0 aliphatic heterocycles. The lowest BCUT2D eigenvalue weighted by molar-refractivity contribution is 0.111. The summed E-state index contributed by atoms with van der Waals surface area (Å²) in [6.45, 7) is 8.76. The van der Waals surface area contributed by atoms with Crippen LogP contribution in [0, 0.1) is 11.3 Å². The van der Waals surface area contributed by atoms with Crippen LogP contribution < -0.4 is 10.6 Å². The van der Waals surface area contributed by atoms with Gasteiger partial charge in [-0.3, -0.25) is 4.99 Å². The van der Waals surface area contributed by atoms with Crippen molar-refractivity contribution in [2.24, 2.45) is 16.3 Å². The molecule has 2 rings (SSSR count). The van der Waals surface area contributed by atoms with E-state index in [0.29, 0.717) is 11.5 Å². The lowest BCUT2D eigenvalue weighted by Gasteiger charge is -2.42. The first-order chi connectivity index (χ1) is 8.63. The zero-order valence-electron chi connectivity index (χ0n) is 12.3. The summed E-state index contributed by atoms with van der Waals surface area (Å²) in [5.41, 5.74) is 0.514. The molecule has 0 aromatic heterocycles. The summed E-state index contributed by atoms with van der Waals surface area (Å²) >= 11 is 0. The zero-order valence-corrected chi connectivity index (χ0v) is 12.3. The second-order valence-electron chi connectivity index (χ2n) is 6.57. The molecule has 0 bridgehead atoms. The highest BCUT2D eigenvalue weighted by Crippen LogP contribution is 2.46. The second kappa shape index (κ2) is 5.94. The van der Waals surface area contributed by atoms with Crippen LogP contribution in [0.3, 0.4) is 0 Å². The monoisotopic (exact) mass is 251 g/mol. The molecule has 0 unspecified atom stereocenters. The lowest BCUT2D eigenvalue weighted by Crippen LogP contribution is -2.41. The van der Waals surface area contributed by atoms with E-state index in [1.54, 1.807) is 0 Å². The number of nitrogens with zero attached hydrogens (tertiary/aromatic N) is 1. The van der Waals surface area contributed by atoms with Crippen LogP contribution in [0.2, 0.25) is 0 Å². The van der Waals surface area contributed by atoms with Crippen LogP contribution >= 0.6 is 0 Å². The molecule has 2 aliphatic carbocycles. The Morgan fingerprint density at radius 2 is 2.06 bits per heavy atom. The van der Waals surface area contributed by atoms with Gasteiger partial charge >= 0.3 is 0 Å². The van der Waals surface area contributed by atoms with E-state index in [0.717, 1.165) is 25.0 Å². The fourth-order valence-corrected chi connectivity index (χ4v) is 2.96. The van der Waals surface area contributed by atoms with Crippen LogP contribution in [0.25, 0.3) is 0 Å². The Balaban J connectivity index is 1.87. The zero-order chi connectivity index (χ0) is 13.0. The van der Waals surface area contributed by atoms with Crippen molar-refractivity contribution in [2.75, 3.05) is 13.1 Å². The van der Waals surface area contributed by atoms with E-state index >= 15 is 0 Å². The van der Waals surface area contributed by atoms with Crippen molar-refractivity contribution >= 4 is 5.96 Å². The maximum Gasteiger partial charge on any atom is 0.191 e. The molecule has 0 spiro atoms. The van der Waals surface area contributed by atoms with E-state index in [1.807, 2.05) is 0 Å². The molecule has 2 saturated carbocycles. The van der Waals surface area contributed by atoms with Gasteiger partial charge in [0.15, 0.2) is 5.96 Å². The Kier molecular flexibility index (Phi) is 4.52. The van der Waals surface area contributed by atoms with Gasteiger partial charge in [0.25, 0.3) is 0 Å². The van der Waals surface area contributed by atoms with Gasteiger partial charge < -0.3 is 10.6 Å². The van der Waals surface area contributed by atoms with E-state index in [-0.39, 0.29) is 0 Å². The van der Waals surface area contributed by atoms with Crippen molar-refractivity contribution in [1.82, 2.24) is 10.6 Å². The van der Waals surface area contributed by atoms with Crippen molar-refractivity contribution in [2.45, 2.75) is 65.3 Å². The Bertz CT molecular complexity index is 288. The van der Waals surface area contributed by atoms with Gasteiger partial charge in [0.05, 0.1) is 0 Å². The first kappa shape index (κ1) is 13.7. The molecule has 0 aromatic rings. The third kappa shape index (κ3) is 3.89. The molecule has 2 fully saturated rings. The highest BCUT2D eigenvalue weighted by atomic mass is 15.2. The number of hydrogen-bond acceptors (Lipinski definition) is 1. The fourth-order valence-electron chi connectivity index (χ4n) is 2.96. The summed E-state index contributed by atoms with van der Waals surface area (Å²) in [6.07, 6.45) is 8.09. The van der Waals surface area contributed by atoms with Gasteiger partial charge in [-0.25, -0.2) is 0 Å². The van der Waals surface area contributed by atoms with E-state index in [4.69, 9.17) is 4.99 Å². The SMILES string of the molecule is CCNC(=NCC1(CC(C)C)CCC1)NC1CC1. The van der Waals surface area contributed by atoms with Crippen molar-refractivity contribution in [3.63, 3.8) is 0 Å². The summed E-state index contributed by atoms with van der Waals surface area (Å²) in [5, 5.41) is 6.87. The highest BCUT2D eigenvalue weighted by Gasteiger charge is 2.37. The molecule has 0 heterocycles. The maximum atomic E-state index is 4.84. The van der Waals surface area contributed by atoms with E-state index in [9.17, 15) is 0 Å². The highest BCUT2D eigenvalue weighted by molar-refractivity contribution is 5.80. The number of rotatable bonds is 6. The van der Waals surface area contributed by atoms with Crippen molar-refractivity contribution < 1.29 is 0 Å². The van der Waals surface area contributed by atoms with Crippen LogP contribution in [-0.2, 0) is 0 Å². The minimum atomic E-state index is 0.514. The van der Waals surface area contributed by atoms with Crippen LogP contribution in [0.5, 0.6) is 0 Å². The Hall–Kier alpha value is -0.730. The molecule has 0 atom stereocenters. The maximum absolute atomic E-state index is 4.84. The molecule has 0 aromatic carbocycles. The van der Waals surface area contributed by atoms with Gasteiger partial charge in [0, 0.05) is 19.1 Å². The number of guanidine groups is 1. The molecule has 3 heteroatoms. The van der Waals surface area contributed by atoms with Crippen molar-refractivity contribution in [3.8, 4) is 0 Å². The van der Waals surface area contributed by atoms with Gasteiger partial charge in [0.1, 0.15) is 0 Å². The molecule has 0 amide bonds. The minimum absolute atomic E-state index is 0.514. The molecular weight excluding hydrogens is 222 g/mol. The third-order valence-electron chi connectivity index (χ3n) is 4.09. The molecule has 0 radical (unpaired) electrons. The summed E-state index contributed by atoms with van der Waals surface area (Å²) < 4.78 is 0. The summed E-state index contributed by atoms with van der Waals surface area (Å²) in [7, 11) is 0. The van der Waals surface area contributed by atoms with Crippen LogP contribution in [-0.4, -0.2) is 25.1 Å². The topological polar surface area (TPSA) is 36.4 Å². The second-order valence-corrected chi connectivity index (χ2v) is 6.57. The normalized spacial score (nSPS) is 22.8. The smallest absolute Gasteiger partial charge is 0.191 e. The van der Waals surface area contributed by atoms with Gasteiger partial charge in [0.2, 0.25) is 0 Å². The summed E-state index contributed by atoms with van der Waals surface area (Å²) in [4.78, 5) is 4.84. The Morgan fingerprint density at radius 1 is 1.33 bits per heavy atom. The minimum Gasteiger partial charge on any atom is -0.357 e. The summed E-state index contributed by atoms with van der Waals surface area (Å²) in [6, 6.07) is 0.685. The number of aliphatic imine (C=N–C) groups is 1. The molecule has 104 valence electrons. The average molecular weight is 251 g/mol. The Morgan fingerprint density at radius 3 is 2.50 bits per heavy atom. The van der Waals surface area contributed by atoms with Crippen LogP contribution in [0.15, 0.2) is 4.99 Å². The summed E-state index contributed by atoms with van der Waals surface area (Å²) in [5.74, 6) is 1.83. The standard InChI is InChI=1S/C15H29N3/c1-4-16-14(18-13-6-7-13)17-11-15(8-5-9-15)10-12(2)3/h12-13H,4-11H2,1-3H3,(H2,16,17,18). The van der Waals surface area contributed by atoms with Gasteiger partial charge in [-0.05, 0) is 50.4 Å². The molecule has 2 N–H and O–H groups in total. The van der Waals surface area contributed by atoms with E-state index < -0.39 is 0 Å². The molecule has 18 heavy (non-hydrogen) atoms. The van der Waals surface area contributed by atoms with Gasteiger partial charge in [-0.2, -0.15) is 0 Å². The van der Waals surface area contributed by atoms with Crippen molar-refractivity contribution in [3.05, 3.63) is 0 Å².